The maximum atomic E-state index is 12.4. The molecule has 0 aliphatic carbocycles. The molecule has 0 bridgehead atoms. The van der Waals surface area contributed by atoms with E-state index in [0.29, 0.717) is 0 Å². The van der Waals surface area contributed by atoms with Crippen molar-refractivity contribution in [3.8, 4) is 0 Å². The Balaban J connectivity index is 2.36. The Labute approximate surface area is 117 Å². The molecular weight excluding hydrogens is 262 g/mol. The van der Waals surface area contributed by atoms with Gasteiger partial charge in [0, 0.05) is 11.6 Å². The van der Waals surface area contributed by atoms with Crippen molar-refractivity contribution in [2.24, 2.45) is 5.92 Å². The van der Waals surface area contributed by atoms with E-state index >= 15 is 0 Å². The predicted molar refractivity (Wildman–Crippen MR) is 73.6 cm³/mol. The van der Waals surface area contributed by atoms with E-state index < -0.39 is 12.1 Å². The van der Waals surface area contributed by atoms with Crippen molar-refractivity contribution >= 4 is 23.2 Å². The first-order valence-electron chi connectivity index (χ1n) is 6.45. The van der Waals surface area contributed by atoms with E-state index in [1.807, 2.05) is 26.2 Å². The number of carbonyl (C=O) groups is 2. The Morgan fingerprint density at radius 2 is 2.05 bits per heavy atom. The summed E-state index contributed by atoms with van der Waals surface area (Å²) in [4.78, 5) is 30.5. The number of carbonyl (C=O) groups excluding carboxylic acids is 2. The fraction of sp³-hybridized carbons (Fsp3) is 0.615. The van der Waals surface area contributed by atoms with Gasteiger partial charge >= 0.3 is 0 Å². The summed E-state index contributed by atoms with van der Waals surface area (Å²) in [6.07, 6.45) is 1.72. The van der Waals surface area contributed by atoms with Gasteiger partial charge in [-0.05, 0) is 19.8 Å². The largest absolute Gasteiger partial charge is 0.343 e. The summed E-state index contributed by atoms with van der Waals surface area (Å²) in [5, 5.41) is 5.49. The van der Waals surface area contributed by atoms with Crippen LogP contribution in [-0.4, -0.2) is 33.8 Å². The first-order chi connectivity index (χ1) is 8.93. The summed E-state index contributed by atoms with van der Waals surface area (Å²) in [5.74, 6) is -0.0506. The van der Waals surface area contributed by atoms with Gasteiger partial charge in [-0.3, -0.25) is 9.59 Å². The SMILES string of the molecule is CC1NC(=O)C(C(C)C)N(C(C)c2nccs2)C1=O. The maximum Gasteiger partial charge on any atom is 0.246 e. The average Bonchev–Trinajstić information content (AvgIpc) is 2.85. The third-order valence-corrected chi connectivity index (χ3v) is 4.36. The highest BCUT2D eigenvalue weighted by Crippen LogP contribution is 2.29. The lowest BCUT2D eigenvalue weighted by Gasteiger charge is -2.42. The summed E-state index contributed by atoms with van der Waals surface area (Å²) in [6, 6.07) is -1.07. The molecule has 19 heavy (non-hydrogen) atoms. The number of hydrogen-bond acceptors (Lipinski definition) is 4. The highest BCUT2D eigenvalue weighted by molar-refractivity contribution is 7.09. The number of thiazole rings is 1. The number of rotatable bonds is 3. The van der Waals surface area contributed by atoms with Gasteiger partial charge in [-0.2, -0.15) is 0 Å². The Bertz CT molecular complexity index is 472. The quantitative estimate of drug-likeness (QED) is 0.915. The Hall–Kier alpha value is -1.43. The molecule has 2 amide bonds. The second-order valence-corrected chi connectivity index (χ2v) is 6.14. The van der Waals surface area contributed by atoms with Crippen LogP contribution in [0, 0.1) is 5.92 Å². The third kappa shape index (κ3) is 2.49. The van der Waals surface area contributed by atoms with Crippen molar-refractivity contribution in [2.75, 3.05) is 0 Å². The second-order valence-electron chi connectivity index (χ2n) is 5.21. The molecular formula is C13H19N3O2S. The van der Waals surface area contributed by atoms with E-state index in [9.17, 15) is 9.59 Å². The lowest BCUT2D eigenvalue weighted by Crippen LogP contribution is -2.64. The van der Waals surface area contributed by atoms with Crippen molar-refractivity contribution in [1.29, 1.82) is 0 Å². The first kappa shape index (κ1) is 14.0. The van der Waals surface area contributed by atoms with Crippen LogP contribution in [0.5, 0.6) is 0 Å². The molecule has 1 saturated heterocycles. The number of nitrogens with zero attached hydrogens (tertiary/aromatic N) is 2. The third-order valence-electron chi connectivity index (χ3n) is 3.41. The van der Waals surface area contributed by atoms with Crippen LogP contribution in [0.1, 0.15) is 38.7 Å². The van der Waals surface area contributed by atoms with Crippen LogP contribution in [0.2, 0.25) is 0 Å². The summed E-state index contributed by atoms with van der Waals surface area (Å²) in [7, 11) is 0. The molecule has 1 fully saturated rings. The van der Waals surface area contributed by atoms with Crippen molar-refractivity contribution in [2.45, 2.75) is 45.8 Å². The zero-order chi connectivity index (χ0) is 14.2. The molecule has 2 heterocycles. The summed E-state index contributed by atoms with van der Waals surface area (Å²) >= 11 is 1.51. The normalized spacial score (nSPS) is 25.6. The van der Waals surface area contributed by atoms with Gasteiger partial charge in [-0.25, -0.2) is 4.98 Å². The van der Waals surface area contributed by atoms with Crippen LogP contribution in [0.4, 0.5) is 0 Å². The van der Waals surface area contributed by atoms with Crippen molar-refractivity contribution in [3.05, 3.63) is 16.6 Å². The predicted octanol–water partition coefficient (Wildman–Crippen LogP) is 1.58. The van der Waals surface area contributed by atoms with Crippen LogP contribution in [-0.2, 0) is 9.59 Å². The molecule has 0 aromatic carbocycles. The fourth-order valence-electron chi connectivity index (χ4n) is 2.46. The number of piperazine rings is 1. The van der Waals surface area contributed by atoms with E-state index in [0.717, 1.165) is 5.01 Å². The van der Waals surface area contributed by atoms with Gasteiger partial charge < -0.3 is 10.2 Å². The van der Waals surface area contributed by atoms with E-state index in [-0.39, 0.29) is 23.8 Å². The first-order valence-corrected chi connectivity index (χ1v) is 7.33. The Kier molecular flexibility index (Phi) is 3.89. The van der Waals surface area contributed by atoms with Crippen LogP contribution in [0.15, 0.2) is 11.6 Å². The summed E-state index contributed by atoms with van der Waals surface area (Å²) in [5.41, 5.74) is 0. The Morgan fingerprint density at radius 3 is 2.58 bits per heavy atom. The molecule has 0 spiro atoms. The summed E-state index contributed by atoms with van der Waals surface area (Å²) in [6.45, 7) is 7.56. The van der Waals surface area contributed by atoms with E-state index in [2.05, 4.69) is 10.3 Å². The molecule has 1 aliphatic rings. The summed E-state index contributed by atoms with van der Waals surface area (Å²) < 4.78 is 0. The Morgan fingerprint density at radius 1 is 1.37 bits per heavy atom. The molecule has 1 aliphatic heterocycles. The molecule has 0 radical (unpaired) electrons. The van der Waals surface area contributed by atoms with Gasteiger partial charge in [0.1, 0.15) is 17.1 Å². The average molecular weight is 281 g/mol. The van der Waals surface area contributed by atoms with Gasteiger partial charge in [0.25, 0.3) is 0 Å². The minimum Gasteiger partial charge on any atom is -0.343 e. The molecule has 1 aromatic rings. The molecule has 3 atom stereocenters. The molecule has 3 unspecified atom stereocenters. The molecule has 1 N–H and O–H groups in total. The van der Waals surface area contributed by atoms with Gasteiger partial charge in [0.2, 0.25) is 11.8 Å². The second kappa shape index (κ2) is 5.28. The fourth-order valence-corrected chi connectivity index (χ4v) is 3.16. The van der Waals surface area contributed by atoms with E-state index in [1.165, 1.54) is 11.3 Å². The molecule has 5 nitrogen and oxygen atoms in total. The van der Waals surface area contributed by atoms with Crippen molar-refractivity contribution in [3.63, 3.8) is 0 Å². The van der Waals surface area contributed by atoms with E-state index in [4.69, 9.17) is 0 Å². The molecule has 0 saturated carbocycles. The monoisotopic (exact) mass is 281 g/mol. The van der Waals surface area contributed by atoms with Crippen molar-refractivity contribution in [1.82, 2.24) is 15.2 Å². The highest BCUT2D eigenvalue weighted by Gasteiger charge is 2.43. The van der Waals surface area contributed by atoms with Crippen LogP contribution in [0.25, 0.3) is 0 Å². The zero-order valence-electron chi connectivity index (χ0n) is 11.6. The minimum absolute atomic E-state index is 0.0407. The van der Waals surface area contributed by atoms with Gasteiger partial charge in [-0.15, -0.1) is 11.3 Å². The molecule has 1 aromatic heterocycles. The number of nitrogens with one attached hydrogen (secondary N) is 1. The smallest absolute Gasteiger partial charge is 0.246 e. The van der Waals surface area contributed by atoms with Crippen LogP contribution in [0.3, 0.4) is 0 Å². The number of hydrogen-bond donors (Lipinski definition) is 1. The number of aromatic nitrogens is 1. The molecule has 6 heteroatoms. The van der Waals surface area contributed by atoms with Gasteiger partial charge in [0.15, 0.2) is 0 Å². The van der Waals surface area contributed by atoms with Crippen LogP contribution >= 0.6 is 11.3 Å². The zero-order valence-corrected chi connectivity index (χ0v) is 12.4. The van der Waals surface area contributed by atoms with Gasteiger partial charge in [-0.1, -0.05) is 13.8 Å². The molecule has 2 rings (SSSR count). The topological polar surface area (TPSA) is 62.3 Å². The number of amides is 2. The van der Waals surface area contributed by atoms with Crippen LogP contribution < -0.4 is 5.32 Å². The van der Waals surface area contributed by atoms with Gasteiger partial charge in [0.05, 0.1) is 6.04 Å². The van der Waals surface area contributed by atoms with Crippen molar-refractivity contribution < 1.29 is 9.59 Å². The highest BCUT2D eigenvalue weighted by atomic mass is 32.1. The maximum absolute atomic E-state index is 12.4. The standard InChI is InChI=1S/C13H19N3O2S/c1-7(2)10-11(17)15-8(3)13(18)16(10)9(4)12-14-5-6-19-12/h5-10H,1-4H3,(H,15,17). The lowest BCUT2D eigenvalue weighted by atomic mass is 9.96. The molecule has 104 valence electrons. The minimum atomic E-state index is -0.468. The van der Waals surface area contributed by atoms with E-state index in [1.54, 1.807) is 18.0 Å². The lowest BCUT2D eigenvalue weighted by molar-refractivity contribution is -0.153.